The Balaban J connectivity index is -0.000000336. The first-order chi connectivity index (χ1) is 11.1. The smallest absolute Gasteiger partial charge is 0.414 e. The lowest BCUT2D eigenvalue weighted by molar-refractivity contribution is -0.170. The summed E-state index contributed by atoms with van der Waals surface area (Å²) in [5.41, 5.74) is -2.74. The Morgan fingerprint density at radius 1 is 0.520 bits per heavy atom. The summed E-state index contributed by atoms with van der Waals surface area (Å²) < 4.78 is 0. The molecule has 0 atom stereocenters. The Kier molecular flexibility index (Phi) is 12.3. The standard InChI is InChI=1S/C6H8O7.2C2H2O4/c7-3(8)1-6(13,5(11)12)2-4(9)10;2*3-1(4)2(5)6/h13H,1-2H2,(H,7,8)(H,9,10)(H,11,12);2*(H,3,4)(H,5,6). The predicted molar refractivity (Wildman–Crippen MR) is 67.6 cm³/mol. The molecule has 0 aliphatic rings. The van der Waals surface area contributed by atoms with Crippen LogP contribution in [0.25, 0.3) is 0 Å². The van der Waals surface area contributed by atoms with Gasteiger partial charge in [-0.25, -0.2) is 24.0 Å². The Hall–Kier alpha value is -3.75. The summed E-state index contributed by atoms with van der Waals surface area (Å²) in [4.78, 5) is 66.9. The van der Waals surface area contributed by atoms with Crippen molar-refractivity contribution in [3.8, 4) is 0 Å². The topological polar surface area (TPSA) is 281 Å². The van der Waals surface area contributed by atoms with Crippen LogP contribution in [0.3, 0.4) is 0 Å². The third-order valence-corrected chi connectivity index (χ3v) is 1.65. The van der Waals surface area contributed by atoms with Gasteiger partial charge < -0.3 is 40.9 Å². The van der Waals surface area contributed by atoms with E-state index >= 15 is 0 Å². The van der Waals surface area contributed by atoms with E-state index in [1.54, 1.807) is 0 Å². The number of hydrogen-bond donors (Lipinski definition) is 8. The van der Waals surface area contributed by atoms with Crippen molar-refractivity contribution in [1.29, 1.82) is 0 Å². The molecule has 0 rings (SSSR count). The number of rotatable bonds is 5. The van der Waals surface area contributed by atoms with Gasteiger partial charge in [0.2, 0.25) is 0 Å². The van der Waals surface area contributed by atoms with Crippen molar-refractivity contribution in [2.75, 3.05) is 0 Å². The molecule has 0 saturated carbocycles. The van der Waals surface area contributed by atoms with E-state index in [1.165, 1.54) is 0 Å². The summed E-state index contributed by atoms with van der Waals surface area (Å²) in [6.07, 6.45) is -2.29. The minimum absolute atomic E-state index is 1.14. The van der Waals surface area contributed by atoms with Crippen LogP contribution in [0.5, 0.6) is 0 Å². The molecule has 0 radical (unpaired) electrons. The molecule has 15 nitrogen and oxygen atoms in total. The normalized spacial score (nSPS) is 9.16. The highest BCUT2D eigenvalue weighted by Crippen LogP contribution is 2.15. The number of aliphatic hydroxyl groups is 1. The second-order valence-electron chi connectivity index (χ2n) is 3.70. The van der Waals surface area contributed by atoms with Crippen LogP contribution < -0.4 is 0 Å². The first-order valence-electron chi connectivity index (χ1n) is 5.38. The minimum Gasteiger partial charge on any atom is -0.481 e. The fourth-order valence-electron chi connectivity index (χ4n) is 0.714. The van der Waals surface area contributed by atoms with Crippen LogP contribution in [0.1, 0.15) is 12.8 Å². The second-order valence-corrected chi connectivity index (χ2v) is 3.70. The molecule has 0 aliphatic heterocycles. The number of carbonyl (C=O) groups is 7. The van der Waals surface area contributed by atoms with Crippen molar-refractivity contribution < 1.29 is 74.4 Å². The number of carboxylic acids is 7. The first-order valence-corrected chi connectivity index (χ1v) is 5.38. The zero-order valence-corrected chi connectivity index (χ0v) is 11.8. The summed E-state index contributed by atoms with van der Waals surface area (Å²) in [6.45, 7) is 0. The summed E-state index contributed by atoms with van der Waals surface area (Å²) in [7, 11) is 0. The molecule has 0 unspecified atom stereocenters. The third-order valence-electron chi connectivity index (χ3n) is 1.65. The molecule has 142 valence electrons. The van der Waals surface area contributed by atoms with Crippen molar-refractivity contribution in [3.05, 3.63) is 0 Å². The highest BCUT2D eigenvalue weighted by molar-refractivity contribution is 6.27. The van der Waals surface area contributed by atoms with Crippen molar-refractivity contribution in [2.45, 2.75) is 18.4 Å². The van der Waals surface area contributed by atoms with E-state index in [0.717, 1.165) is 0 Å². The molecule has 0 fully saturated rings. The van der Waals surface area contributed by atoms with E-state index in [2.05, 4.69) is 0 Å². The number of aliphatic carboxylic acids is 7. The molecule has 0 heterocycles. The monoisotopic (exact) mass is 372 g/mol. The predicted octanol–water partition coefficient (Wildman–Crippen LogP) is -2.94. The summed E-state index contributed by atoms with van der Waals surface area (Å²) in [6, 6.07) is 0. The van der Waals surface area contributed by atoms with Gasteiger partial charge in [0.1, 0.15) is 0 Å². The van der Waals surface area contributed by atoms with Crippen LogP contribution >= 0.6 is 0 Å². The van der Waals surface area contributed by atoms with Gasteiger partial charge in [-0.1, -0.05) is 0 Å². The third kappa shape index (κ3) is 16.4. The molecule has 0 saturated heterocycles. The largest absolute Gasteiger partial charge is 0.481 e. The van der Waals surface area contributed by atoms with Crippen molar-refractivity contribution >= 4 is 41.8 Å². The van der Waals surface area contributed by atoms with E-state index in [9.17, 15) is 14.4 Å². The van der Waals surface area contributed by atoms with Crippen LogP contribution in [-0.4, -0.2) is 88.2 Å². The fourth-order valence-corrected chi connectivity index (χ4v) is 0.714. The second kappa shape index (κ2) is 11.8. The van der Waals surface area contributed by atoms with E-state index < -0.39 is 60.2 Å². The number of hydrogen-bond acceptors (Lipinski definition) is 8. The van der Waals surface area contributed by atoms with E-state index in [-0.39, 0.29) is 0 Å². The lowest BCUT2D eigenvalue weighted by Gasteiger charge is -2.18. The maximum atomic E-state index is 10.3. The molecule has 25 heavy (non-hydrogen) atoms. The van der Waals surface area contributed by atoms with Crippen LogP contribution in [0.4, 0.5) is 0 Å². The van der Waals surface area contributed by atoms with Crippen LogP contribution in [0.15, 0.2) is 0 Å². The Bertz CT molecular complexity index is 495. The van der Waals surface area contributed by atoms with Gasteiger partial charge in [-0.05, 0) is 0 Å². The molecule has 0 aromatic heterocycles. The quantitative estimate of drug-likeness (QED) is 0.224. The van der Waals surface area contributed by atoms with E-state index in [4.69, 9.17) is 60.0 Å². The molecule has 15 heteroatoms. The lowest BCUT2D eigenvalue weighted by atomic mass is 9.96. The Labute approximate surface area is 136 Å². The van der Waals surface area contributed by atoms with Gasteiger partial charge in [-0.2, -0.15) is 0 Å². The van der Waals surface area contributed by atoms with Gasteiger partial charge in [0.25, 0.3) is 0 Å². The number of carboxylic acid groups (broad SMARTS) is 7. The molecule has 0 aliphatic carbocycles. The summed E-state index contributed by atoms with van der Waals surface area (Å²) in [5, 5.41) is 63.4. The lowest BCUT2D eigenvalue weighted by Crippen LogP contribution is -2.42. The Morgan fingerprint density at radius 2 is 0.720 bits per heavy atom. The van der Waals surface area contributed by atoms with Crippen LogP contribution in [0, 0.1) is 0 Å². The maximum Gasteiger partial charge on any atom is 0.414 e. The zero-order chi connectivity index (χ0) is 21.0. The minimum atomic E-state index is -2.74. The van der Waals surface area contributed by atoms with Crippen molar-refractivity contribution in [2.24, 2.45) is 0 Å². The molecule has 0 amide bonds. The molecule has 8 N–H and O–H groups in total. The van der Waals surface area contributed by atoms with Gasteiger partial charge in [-0.3, -0.25) is 9.59 Å². The van der Waals surface area contributed by atoms with Crippen molar-refractivity contribution in [3.63, 3.8) is 0 Å². The van der Waals surface area contributed by atoms with Gasteiger partial charge >= 0.3 is 41.8 Å². The zero-order valence-electron chi connectivity index (χ0n) is 11.8. The molecule has 0 aromatic rings. The van der Waals surface area contributed by atoms with Gasteiger partial charge in [0.15, 0.2) is 5.60 Å². The van der Waals surface area contributed by atoms with Crippen LogP contribution in [-0.2, 0) is 33.6 Å². The van der Waals surface area contributed by atoms with Crippen molar-refractivity contribution in [1.82, 2.24) is 0 Å². The molecule has 0 bridgehead atoms. The highest BCUT2D eigenvalue weighted by Gasteiger charge is 2.40. The van der Waals surface area contributed by atoms with Gasteiger partial charge in [0, 0.05) is 0 Å². The summed E-state index contributed by atoms with van der Waals surface area (Å²) in [5.74, 6) is -12.3. The molecular formula is C10H12O15. The average Bonchev–Trinajstić information content (AvgIpc) is 2.37. The maximum absolute atomic E-state index is 10.3. The van der Waals surface area contributed by atoms with Gasteiger partial charge in [0.05, 0.1) is 12.8 Å². The molecule has 0 spiro atoms. The van der Waals surface area contributed by atoms with E-state index in [1.807, 2.05) is 0 Å². The van der Waals surface area contributed by atoms with Crippen LogP contribution in [0.2, 0.25) is 0 Å². The average molecular weight is 372 g/mol. The summed E-state index contributed by atoms with van der Waals surface area (Å²) >= 11 is 0. The first kappa shape index (κ1) is 26.2. The fraction of sp³-hybridized carbons (Fsp3) is 0.300. The van der Waals surface area contributed by atoms with Gasteiger partial charge in [-0.15, -0.1) is 0 Å². The molecule has 0 aromatic carbocycles. The Morgan fingerprint density at radius 3 is 0.800 bits per heavy atom. The van der Waals surface area contributed by atoms with E-state index in [0.29, 0.717) is 0 Å². The SMILES string of the molecule is O=C(O)C(=O)O.O=C(O)C(=O)O.O=C(O)CC(O)(CC(=O)O)C(=O)O. The highest BCUT2D eigenvalue weighted by atomic mass is 16.4. The molecular weight excluding hydrogens is 360 g/mol.